The van der Waals surface area contributed by atoms with Crippen molar-refractivity contribution in [1.82, 2.24) is 0 Å². The maximum atomic E-state index is 2.37. The summed E-state index contributed by atoms with van der Waals surface area (Å²) in [6.07, 6.45) is 8.36. The Morgan fingerprint density at radius 2 is 2.23 bits per heavy atom. The fraction of sp³-hybridized carbons (Fsp3) is 0.333. The summed E-state index contributed by atoms with van der Waals surface area (Å²) < 4.78 is 0. The van der Waals surface area contributed by atoms with Gasteiger partial charge in [0.05, 0.1) is 0 Å². The van der Waals surface area contributed by atoms with Gasteiger partial charge in [-0.3, -0.25) is 0 Å². The van der Waals surface area contributed by atoms with Crippen LogP contribution < -0.4 is 0 Å². The molecule has 0 radical (unpaired) electrons. The molecule has 0 saturated carbocycles. The summed E-state index contributed by atoms with van der Waals surface area (Å²) in [6, 6.07) is 8.84. The highest BCUT2D eigenvalue weighted by Gasteiger charge is 2.06. The smallest absolute Gasteiger partial charge is 0.00751 e. The van der Waals surface area contributed by atoms with Crippen LogP contribution in [0.3, 0.4) is 0 Å². The Balaban J connectivity index is 2.29. The summed E-state index contributed by atoms with van der Waals surface area (Å²) in [5.41, 5.74) is 2.96. The first-order chi connectivity index (χ1) is 6.40. The predicted molar refractivity (Wildman–Crippen MR) is 60.1 cm³/mol. The fourth-order valence-electron chi connectivity index (χ4n) is 1.76. The Morgan fingerprint density at radius 1 is 1.31 bits per heavy atom. The maximum absolute atomic E-state index is 2.37. The van der Waals surface area contributed by atoms with Crippen LogP contribution in [0.1, 0.15) is 24.8 Å². The molecule has 0 N–H and O–H groups in total. The summed E-state index contributed by atoms with van der Waals surface area (Å²) in [5, 5.41) is 0. The Bertz CT molecular complexity index is 326. The van der Waals surface area contributed by atoms with E-state index in [0.29, 0.717) is 0 Å². The van der Waals surface area contributed by atoms with E-state index in [1.54, 1.807) is 0 Å². The van der Waals surface area contributed by atoms with Gasteiger partial charge in [0.1, 0.15) is 0 Å². The lowest BCUT2D eigenvalue weighted by Crippen LogP contribution is -1.80. The largest absolute Gasteiger partial charge is 0.130 e. The van der Waals surface area contributed by atoms with Gasteiger partial charge in [0.25, 0.3) is 0 Å². The van der Waals surface area contributed by atoms with Crippen LogP contribution in [0.2, 0.25) is 0 Å². The lowest BCUT2D eigenvalue weighted by molar-refractivity contribution is 0.935. The van der Waals surface area contributed by atoms with E-state index in [0.717, 1.165) is 0 Å². The molecule has 1 aromatic carbocycles. The first-order valence-electron chi connectivity index (χ1n) is 4.73. The number of hydrogen-bond donors (Lipinski definition) is 0. The Hall–Kier alpha value is -0.690. The first-order valence-corrected chi connectivity index (χ1v) is 5.96. The molecule has 0 fully saturated rings. The monoisotopic (exact) mass is 190 g/mol. The SMILES string of the molecule is CSc1cccc(C2=CCCC2)c1. The Morgan fingerprint density at radius 3 is 2.92 bits per heavy atom. The second-order valence-electron chi connectivity index (χ2n) is 3.35. The van der Waals surface area contributed by atoms with Gasteiger partial charge in [-0.2, -0.15) is 0 Å². The van der Waals surface area contributed by atoms with Crippen molar-refractivity contribution in [3.63, 3.8) is 0 Å². The molecule has 68 valence electrons. The van der Waals surface area contributed by atoms with Gasteiger partial charge in [-0.05, 0) is 48.8 Å². The minimum absolute atomic E-state index is 1.26. The van der Waals surface area contributed by atoms with Crippen molar-refractivity contribution in [2.75, 3.05) is 6.26 Å². The number of thioether (sulfide) groups is 1. The molecular weight excluding hydrogens is 176 g/mol. The third kappa shape index (κ3) is 1.97. The molecule has 0 saturated heterocycles. The van der Waals surface area contributed by atoms with Crippen LogP contribution in [0, 0.1) is 0 Å². The van der Waals surface area contributed by atoms with Gasteiger partial charge in [0.15, 0.2) is 0 Å². The van der Waals surface area contributed by atoms with Gasteiger partial charge < -0.3 is 0 Å². The average Bonchev–Trinajstić information content (AvgIpc) is 2.71. The molecule has 0 nitrogen and oxygen atoms in total. The normalized spacial score (nSPS) is 15.9. The molecule has 0 atom stereocenters. The molecule has 1 aliphatic rings. The van der Waals surface area contributed by atoms with E-state index < -0.39 is 0 Å². The van der Waals surface area contributed by atoms with E-state index in [2.05, 4.69) is 36.6 Å². The third-order valence-electron chi connectivity index (χ3n) is 2.48. The zero-order valence-electron chi connectivity index (χ0n) is 7.92. The van der Waals surface area contributed by atoms with Gasteiger partial charge in [-0.25, -0.2) is 0 Å². The van der Waals surface area contributed by atoms with Crippen molar-refractivity contribution in [2.24, 2.45) is 0 Å². The van der Waals surface area contributed by atoms with Gasteiger partial charge in [0.2, 0.25) is 0 Å². The van der Waals surface area contributed by atoms with Crippen molar-refractivity contribution < 1.29 is 0 Å². The van der Waals surface area contributed by atoms with Crippen LogP contribution in [0.15, 0.2) is 35.2 Å². The zero-order chi connectivity index (χ0) is 9.10. The van der Waals surface area contributed by atoms with Crippen LogP contribution in [0.25, 0.3) is 5.57 Å². The molecule has 0 spiro atoms. The van der Waals surface area contributed by atoms with E-state index in [4.69, 9.17) is 0 Å². The molecule has 0 heterocycles. The number of benzene rings is 1. The Kier molecular flexibility index (Phi) is 2.74. The highest BCUT2D eigenvalue weighted by molar-refractivity contribution is 7.98. The van der Waals surface area contributed by atoms with Crippen LogP contribution in [-0.4, -0.2) is 6.26 Å². The van der Waals surface area contributed by atoms with Crippen LogP contribution in [0.4, 0.5) is 0 Å². The quantitative estimate of drug-likeness (QED) is 0.636. The number of rotatable bonds is 2. The van der Waals surface area contributed by atoms with Crippen molar-refractivity contribution in [2.45, 2.75) is 24.2 Å². The topological polar surface area (TPSA) is 0 Å². The standard InChI is InChI=1S/C12H14S/c1-13-12-8-4-7-11(9-12)10-5-2-3-6-10/h4-5,7-9H,2-3,6H2,1H3. The predicted octanol–water partition coefficient (Wildman–Crippen LogP) is 3.98. The number of hydrogen-bond acceptors (Lipinski definition) is 1. The summed E-state index contributed by atoms with van der Waals surface area (Å²) in [6.45, 7) is 0. The second kappa shape index (κ2) is 4.01. The highest BCUT2D eigenvalue weighted by Crippen LogP contribution is 2.29. The molecule has 0 aliphatic heterocycles. The van der Waals surface area contributed by atoms with Crippen molar-refractivity contribution >= 4 is 17.3 Å². The van der Waals surface area contributed by atoms with Crippen molar-refractivity contribution in [1.29, 1.82) is 0 Å². The van der Waals surface area contributed by atoms with E-state index in [1.807, 2.05) is 11.8 Å². The minimum Gasteiger partial charge on any atom is -0.130 e. The summed E-state index contributed by atoms with van der Waals surface area (Å²) in [7, 11) is 0. The lowest BCUT2D eigenvalue weighted by atomic mass is 10.1. The van der Waals surface area contributed by atoms with Gasteiger partial charge >= 0.3 is 0 Å². The van der Waals surface area contributed by atoms with E-state index >= 15 is 0 Å². The summed E-state index contributed by atoms with van der Waals surface area (Å²) in [4.78, 5) is 1.37. The molecular formula is C12H14S. The molecule has 1 aliphatic carbocycles. The highest BCUT2D eigenvalue weighted by atomic mass is 32.2. The zero-order valence-corrected chi connectivity index (χ0v) is 8.73. The van der Waals surface area contributed by atoms with E-state index in [9.17, 15) is 0 Å². The van der Waals surface area contributed by atoms with Crippen LogP contribution in [0.5, 0.6) is 0 Å². The van der Waals surface area contributed by atoms with Gasteiger partial charge in [-0.1, -0.05) is 18.2 Å². The van der Waals surface area contributed by atoms with Gasteiger partial charge in [-0.15, -0.1) is 11.8 Å². The Labute approximate surface area is 84.0 Å². The number of allylic oxidation sites excluding steroid dienone is 2. The van der Waals surface area contributed by atoms with Crippen LogP contribution in [-0.2, 0) is 0 Å². The van der Waals surface area contributed by atoms with Crippen molar-refractivity contribution in [3.05, 3.63) is 35.9 Å². The summed E-state index contributed by atoms with van der Waals surface area (Å²) >= 11 is 1.81. The molecule has 1 heteroatoms. The molecule has 0 unspecified atom stereocenters. The van der Waals surface area contributed by atoms with Crippen LogP contribution >= 0.6 is 11.8 Å². The lowest BCUT2D eigenvalue weighted by Gasteiger charge is -2.03. The maximum Gasteiger partial charge on any atom is 0.00751 e. The van der Waals surface area contributed by atoms with Gasteiger partial charge in [0, 0.05) is 4.90 Å². The molecule has 0 amide bonds. The second-order valence-corrected chi connectivity index (χ2v) is 4.23. The van der Waals surface area contributed by atoms with E-state index in [-0.39, 0.29) is 0 Å². The molecule has 2 rings (SSSR count). The average molecular weight is 190 g/mol. The fourth-order valence-corrected chi connectivity index (χ4v) is 2.22. The summed E-state index contributed by atoms with van der Waals surface area (Å²) in [5.74, 6) is 0. The molecule has 1 aromatic rings. The van der Waals surface area contributed by atoms with E-state index in [1.165, 1.54) is 35.3 Å². The first kappa shape index (κ1) is 8.89. The third-order valence-corrected chi connectivity index (χ3v) is 3.21. The minimum atomic E-state index is 1.26. The molecule has 0 bridgehead atoms. The van der Waals surface area contributed by atoms with Crippen molar-refractivity contribution in [3.8, 4) is 0 Å². The molecule has 0 aromatic heterocycles. The molecule has 13 heavy (non-hydrogen) atoms.